The van der Waals surface area contributed by atoms with Crippen molar-refractivity contribution in [3.05, 3.63) is 29.6 Å². The van der Waals surface area contributed by atoms with E-state index in [2.05, 4.69) is 17.6 Å². The van der Waals surface area contributed by atoms with E-state index in [1.165, 1.54) is 12.4 Å². The van der Waals surface area contributed by atoms with E-state index in [1.807, 2.05) is 0 Å². The fraction of sp³-hybridized carbons (Fsp3) is 0.500. The van der Waals surface area contributed by atoms with E-state index in [9.17, 15) is 10.2 Å². The minimum atomic E-state index is -0.976. The molecule has 0 fully saturated rings. The Balaban J connectivity index is 2.76. The molecule has 0 aliphatic heterocycles. The van der Waals surface area contributed by atoms with E-state index >= 15 is 0 Å². The van der Waals surface area contributed by atoms with Gasteiger partial charge in [-0.1, -0.05) is 0 Å². The zero-order valence-electron chi connectivity index (χ0n) is 8.24. The van der Waals surface area contributed by atoms with Crippen LogP contribution in [0.3, 0.4) is 0 Å². The predicted molar refractivity (Wildman–Crippen MR) is 59.6 cm³/mol. The molecule has 2 unspecified atom stereocenters. The molecule has 2 atom stereocenters. The highest BCUT2D eigenvalue weighted by molar-refractivity contribution is 7.80. The highest BCUT2D eigenvalue weighted by atomic mass is 32.1. The summed E-state index contributed by atoms with van der Waals surface area (Å²) in [6.45, 7) is -0.129. The molecule has 15 heavy (non-hydrogen) atoms. The Hall–Kier alpha value is -0.620. The zero-order valence-corrected chi connectivity index (χ0v) is 9.14. The van der Waals surface area contributed by atoms with Crippen LogP contribution in [0.1, 0.15) is 23.7 Å². The molecule has 1 aromatic heterocycles. The molecule has 4 nitrogen and oxygen atoms in total. The molecule has 0 aromatic carbocycles. The maximum atomic E-state index is 9.73. The predicted octanol–water partition coefficient (Wildman–Crippen LogP) is 0.288. The van der Waals surface area contributed by atoms with Crippen molar-refractivity contribution in [3.8, 4) is 0 Å². The van der Waals surface area contributed by atoms with Gasteiger partial charge in [-0.15, -0.1) is 0 Å². The largest absolute Gasteiger partial charge is 0.392 e. The first kappa shape index (κ1) is 12.4. The summed E-state index contributed by atoms with van der Waals surface area (Å²) in [5.41, 5.74) is 1.13. The molecule has 1 heterocycles. The van der Waals surface area contributed by atoms with Crippen molar-refractivity contribution in [2.24, 2.45) is 0 Å². The summed E-state index contributed by atoms with van der Waals surface area (Å²) >= 11 is 3.98. The first-order chi connectivity index (χ1) is 7.19. The van der Waals surface area contributed by atoms with Crippen LogP contribution >= 0.6 is 12.6 Å². The summed E-state index contributed by atoms with van der Waals surface area (Å²) in [6.07, 6.45) is 1.58. The molecule has 0 bridgehead atoms. The van der Waals surface area contributed by atoms with Gasteiger partial charge in [0.25, 0.3) is 0 Å². The van der Waals surface area contributed by atoms with Crippen LogP contribution in [0.5, 0.6) is 0 Å². The van der Waals surface area contributed by atoms with Crippen molar-refractivity contribution >= 4 is 12.6 Å². The van der Waals surface area contributed by atoms with Gasteiger partial charge in [0.15, 0.2) is 0 Å². The van der Waals surface area contributed by atoms with Gasteiger partial charge in [-0.3, -0.25) is 4.98 Å². The number of pyridine rings is 1. The minimum absolute atomic E-state index is 0.129. The summed E-state index contributed by atoms with van der Waals surface area (Å²) < 4.78 is 0. The maximum Gasteiger partial charge on any atom is 0.106 e. The van der Waals surface area contributed by atoms with Gasteiger partial charge in [-0.2, -0.15) is 12.6 Å². The third kappa shape index (κ3) is 3.46. The molecule has 0 aliphatic rings. The van der Waals surface area contributed by atoms with E-state index in [0.29, 0.717) is 23.3 Å². The van der Waals surface area contributed by atoms with Gasteiger partial charge in [-0.05, 0) is 23.8 Å². The number of thiol groups is 1. The maximum absolute atomic E-state index is 9.73. The van der Waals surface area contributed by atoms with Gasteiger partial charge < -0.3 is 15.3 Å². The third-order valence-electron chi connectivity index (χ3n) is 2.13. The fourth-order valence-electron chi connectivity index (χ4n) is 1.27. The van der Waals surface area contributed by atoms with Gasteiger partial charge >= 0.3 is 0 Å². The lowest BCUT2D eigenvalue weighted by Crippen LogP contribution is -2.19. The highest BCUT2D eigenvalue weighted by Gasteiger charge is 2.17. The number of aliphatic hydroxyl groups excluding tert-OH is 3. The van der Waals surface area contributed by atoms with E-state index in [1.54, 1.807) is 6.07 Å². The lowest BCUT2D eigenvalue weighted by atomic mass is 10.0. The summed E-state index contributed by atoms with van der Waals surface area (Å²) in [6, 6.07) is 1.62. The number of hydrogen-bond acceptors (Lipinski definition) is 5. The Labute approximate surface area is 94.0 Å². The van der Waals surface area contributed by atoms with Gasteiger partial charge in [0.1, 0.15) is 6.10 Å². The van der Waals surface area contributed by atoms with Crippen LogP contribution in [0, 0.1) is 0 Å². The third-order valence-corrected chi connectivity index (χ3v) is 2.39. The summed E-state index contributed by atoms with van der Waals surface area (Å²) in [7, 11) is 0. The standard InChI is InChI=1S/C10H15NO3S/c12-6-7-3-8(5-11-4-7)10(14)9(13)1-2-15/h3-5,9-10,12-15H,1-2,6H2. The summed E-state index contributed by atoms with van der Waals surface area (Å²) in [4.78, 5) is 3.87. The quantitative estimate of drug-likeness (QED) is 0.548. The molecule has 0 saturated carbocycles. The second-order valence-electron chi connectivity index (χ2n) is 3.31. The average Bonchev–Trinajstić information content (AvgIpc) is 2.28. The molecule has 0 saturated heterocycles. The van der Waals surface area contributed by atoms with E-state index in [4.69, 9.17) is 5.11 Å². The van der Waals surface area contributed by atoms with Gasteiger partial charge in [0.05, 0.1) is 12.7 Å². The fourth-order valence-corrected chi connectivity index (χ4v) is 1.53. The van der Waals surface area contributed by atoms with Crippen molar-refractivity contribution in [1.29, 1.82) is 0 Å². The van der Waals surface area contributed by atoms with Gasteiger partial charge in [0, 0.05) is 18.0 Å². The van der Waals surface area contributed by atoms with E-state index in [-0.39, 0.29) is 6.61 Å². The second kappa shape index (κ2) is 6.07. The average molecular weight is 229 g/mol. The van der Waals surface area contributed by atoms with Crippen molar-refractivity contribution in [1.82, 2.24) is 4.98 Å². The number of nitrogens with zero attached hydrogens (tertiary/aromatic N) is 1. The SMILES string of the molecule is OCc1cncc(C(O)C(O)CCS)c1. The van der Waals surface area contributed by atoms with E-state index < -0.39 is 12.2 Å². The minimum Gasteiger partial charge on any atom is -0.392 e. The molecule has 3 N–H and O–H groups in total. The number of hydrogen-bond donors (Lipinski definition) is 4. The molecule has 1 aromatic rings. The van der Waals surface area contributed by atoms with Crippen LogP contribution in [-0.2, 0) is 6.61 Å². The Bertz CT molecular complexity index is 308. The van der Waals surface area contributed by atoms with Crippen molar-refractivity contribution in [2.75, 3.05) is 5.75 Å². The molecule has 0 aliphatic carbocycles. The highest BCUT2D eigenvalue weighted by Crippen LogP contribution is 2.19. The zero-order chi connectivity index (χ0) is 11.3. The van der Waals surface area contributed by atoms with Crippen LogP contribution in [0.15, 0.2) is 18.5 Å². The molecule has 5 heteroatoms. The number of rotatable bonds is 5. The molecule has 1 rings (SSSR count). The lowest BCUT2D eigenvalue weighted by Gasteiger charge is -2.17. The van der Waals surface area contributed by atoms with Gasteiger partial charge in [-0.25, -0.2) is 0 Å². The van der Waals surface area contributed by atoms with Gasteiger partial charge in [0.2, 0.25) is 0 Å². The number of aromatic nitrogens is 1. The van der Waals surface area contributed by atoms with Crippen molar-refractivity contribution < 1.29 is 15.3 Å². The lowest BCUT2D eigenvalue weighted by molar-refractivity contribution is 0.0169. The van der Waals surface area contributed by atoms with Crippen LogP contribution < -0.4 is 0 Å². The molecule has 0 spiro atoms. The van der Waals surface area contributed by atoms with Crippen LogP contribution in [0.25, 0.3) is 0 Å². The summed E-state index contributed by atoms with van der Waals surface area (Å²) in [5, 5.41) is 28.2. The number of aliphatic hydroxyl groups is 3. The van der Waals surface area contributed by atoms with Crippen LogP contribution in [0.4, 0.5) is 0 Å². The normalized spacial score (nSPS) is 14.9. The molecular weight excluding hydrogens is 214 g/mol. The first-order valence-electron chi connectivity index (χ1n) is 4.70. The van der Waals surface area contributed by atoms with Crippen LogP contribution in [0.2, 0.25) is 0 Å². The molecule has 84 valence electrons. The Morgan fingerprint density at radius 1 is 1.33 bits per heavy atom. The topological polar surface area (TPSA) is 73.6 Å². The summed E-state index contributed by atoms with van der Waals surface area (Å²) in [5.74, 6) is 0.505. The Morgan fingerprint density at radius 3 is 2.67 bits per heavy atom. The smallest absolute Gasteiger partial charge is 0.106 e. The van der Waals surface area contributed by atoms with Crippen molar-refractivity contribution in [2.45, 2.75) is 25.2 Å². The monoisotopic (exact) mass is 229 g/mol. The van der Waals surface area contributed by atoms with E-state index in [0.717, 1.165) is 0 Å². The first-order valence-corrected chi connectivity index (χ1v) is 5.34. The molecule has 0 radical (unpaired) electrons. The molecule has 0 amide bonds. The van der Waals surface area contributed by atoms with Crippen molar-refractivity contribution in [3.63, 3.8) is 0 Å². The molecular formula is C10H15NO3S. The second-order valence-corrected chi connectivity index (χ2v) is 3.76. The Kier molecular flexibility index (Phi) is 5.04. The Morgan fingerprint density at radius 2 is 2.07 bits per heavy atom. The van der Waals surface area contributed by atoms with Crippen LogP contribution in [-0.4, -0.2) is 32.2 Å².